The number of hydrogen-bond acceptors (Lipinski definition) is 1. The largest absolute Gasteiger partial charge is 0.301 e. The molecule has 0 radical (unpaired) electrons. The molecule has 0 aliphatic heterocycles. The molecule has 0 atom stereocenters. The van der Waals surface area contributed by atoms with Gasteiger partial charge in [-0.15, -0.1) is 9.70 Å². The highest BCUT2D eigenvalue weighted by Gasteiger charge is 2.44. The SMILES string of the molecule is [N-]=[N+]=N.c1ccc(P(=[N+]=P(c2ccccc2)(c2ccccc2)c2ccccc2)(c2ccccc2)c2ccccc2)cc1. The van der Waals surface area contributed by atoms with Crippen molar-refractivity contribution in [3.05, 3.63) is 192 Å². The highest BCUT2D eigenvalue weighted by Crippen LogP contribution is 2.50. The van der Waals surface area contributed by atoms with Crippen molar-refractivity contribution >= 4 is 45.9 Å². The minimum atomic E-state index is -2.50. The Morgan fingerprint density at radius 3 is 0.619 bits per heavy atom. The van der Waals surface area contributed by atoms with Gasteiger partial charge < -0.3 is 0 Å². The third-order valence-corrected chi connectivity index (χ3v) is 15.5. The van der Waals surface area contributed by atoms with Crippen LogP contribution >= 0.6 is 14.1 Å². The van der Waals surface area contributed by atoms with E-state index in [0.29, 0.717) is 0 Å². The zero-order chi connectivity index (χ0) is 29.1. The summed E-state index contributed by atoms with van der Waals surface area (Å²) in [7, 11) is -4.99. The first kappa shape index (κ1) is 28.7. The van der Waals surface area contributed by atoms with E-state index in [-0.39, 0.29) is 0 Å². The van der Waals surface area contributed by atoms with Crippen molar-refractivity contribution < 1.29 is 0 Å². The smallest absolute Gasteiger partial charge is 0.148 e. The van der Waals surface area contributed by atoms with E-state index in [0.717, 1.165) is 0 Å². The summed E-state index contributed by atoms with van der Waals surface area (Å²) in [5, 5.41) is 7.55. The molecule has 204 valence electrons. The number of hydrogen-bond donors (Lipinski definition) is 1. The first-order chi connectivity index (χ1) is 20.8. The first-order valence-corrected chi connectivity index (χ1v) is 17.1. The third kappa shape index (κ3) is 5.67. The van der Waals surface area contributed by atoms with Crippen LogP contribution in [-0.4, -0.2) is 0 Å². The fraction of sp³-hybridized carbons (Fsp3) is 0. The summed E-state index contributed by atoms with van der Waals surface area (Å²) in [5.41, 5.74) is 12.2. The summed E-state index contributed by atoms with van der Waals surface area (Å²) in [6.45, 7) is 0. The van der Waals surface area contributed by atoms with Gasteiger partial charge in [0.05, 0.1) is 31.8 Å². The second-order valence-electron chi connectivity index (χ2n) is 9.47. The molecular weight excluding hydrogens is 550 g/mol. The lowest BCUT2D eigenvalue weighted by Crippen LogP contribution is -2.31. The van der Waals surface area contributed by atoms with Crippen molar-refractivity contribution in [1.29, 1.82) is 5.53 Å². The summed E-state index contributed by atoms with van der Waals surface area (Å²) in [6.07, 6.45) is 0. The first-order valence-electron chi connectivity index (χ1n) is 13.6. The molecule has 0 aliphatic rings. The van der Waals surface area contributed by atoms with Crippen molar-refractivity contribution in [3.8, 4) is 0 Å². The molecule has 42 heavy (non-hydrogen) atoms. The molecule has 0 bridgehead atoms. The molecule has 0 aliphatic carbocycles. The Kier molecular flexibility index (Phi) is 9.37. The average Bonchev–Trinajstić information content (AvgIpc) is 3.08. The zero-order valence-electron chi connectivity index (χ0n) is 23.1. The highest BCUT2D eigenvalue weighted by atomic mass is 31.2. The summed E-state index contributed by atoms with van der Waals surface area (Å²) >= 11 is 0. The second-order valence-corrected chi connectivity index (χ2v) is 15.8. The Bertz CT molecular complexity index is 1530. The van der Waals surface area contributed by atoms with Crippen LogP contribution in [0.4, 0.5) is 0 Å². The van der Waals surface area contributed by atoms with E-state index in [1.165, 1.54) is 31.8 Å². The normalized spacial score (nSPS) is 10.9. The second kappa shape index (κ2) is 13.7. The van der Waals surface area contributed by atoms with Crippen molar-refractivity contribution in [1.82, 2.24) is 4.17 Å². The van der Waals surface area contributed by atoms with Crippen LogP contribution in [0.1, 0.15) is 0 Å². The van der Waals surface area contributed by atoms with Crippen LogP contribution in [0.15, 0.2) is 182 Å². The van der Waals surface area contributed by atoms with Gasteiger partial charge in [0.2, 0.25) is 0 Å². The Hall–Kier alpha value is -4.80. The van der Waals surface area contributed by atoms with Gasteiger partial charge >= 0.3 is 14.1 Å². The van der Waals surface area contributed by atoms with E-state index in [4.69, 9.17) is 15.2 Å². The van der Waals surface area contributed by atoms with E-state index >= 15 is 0 Å². The van der Waals surface area contributed by atoms with Gasteiger partial charge in [-0.3, -0.25) is 0 Å². The Balaban J connectivity index is 0.00000113. The van der Waals surface area contributed by atoms with Gasteiger partial charge in [-0.25, -0.2) is 0 Å². The molecule has 0 heterocycles. The van der Waals surface area contributed by atoms with E-state index in [2.05, 4.69) is 182 Å². The minimum absolute atomic E-state index is 1.26. The Morgan fingerprint density at radius 2 is 0.476 bits per heavy atom. The van der Waals surface area contributed by atoms with Gasteiger partial charge in [0.25, 0.3) is 0 Å². The molecule has 0 saturated carbocycles. The lowest BCUT2D eigenvalue weighted by atomic mass is 10.4. The van der Waals surface area contributed by atoms with Gasteiger partial charge in [0.1, 0.15) is 0 Å². The molecule has 0 amide bonds. The minimum Gasteiger partial charge on any atom is -0.148 e. The fourth-order valence-corrected chi connectivity index (χ4v) is 14.8. The van der Waals surface area contributed by atoms with E-state index in [9.17, 15) is 0 Å². The fourth-order valence-electron chi connectivity index (χ4n) is 5.27. The summed E-state index contributed by atoms with van der Waals surface area (Å²) in [4.78, 5) is 1.75. The molecule has 1 N–H and O–H groups in total. The van der Waals surface area contributed by atoms with Gasteiger partial charge in [-0.05, 0) is 83.2 Å². The molecule has 0 aromatic heterocycles. The molecule has 0 fully saturated rings. The van der Waals surface area contributed by atoms with Crippen molar-refractivity contribution in [2.75, 3.05) is 0 Å². The lowest BCUT2D eigenvalue weighted by molar-refractivity contribution is 1.45. The third-order valence-electron chi connectivity index (χ3n) is 7.05. The molecule has 6 rings (SSSR count). The van der Waals surface area contributed by atoms with Crippen molar-refractivity contribution in [2.24, 2.45) is 0 Å². The van der Waals surface area contributed by atoms with Crippen LogP contribution in [0, 0.1) is 5.53 Å². The van der Waals surface area contributed by atoms with Gasteiger partial charge in [0.15, 0.2) is 0 Å². The molecule has 0 saturated heterocycles. The van der Waals surface area contributed by atoms with Crippen molar-refractivity contribution in [3.63, 3.8) is 0 Å². The summed E-state index contributed by atoms with van der Waals surface area (Å²) in [5.74, 6) is 0. The van der Waals surface area contributed by atoms with Gasteiger partial charge in [-0.2, -0.15) is 0 Å². The molecule has 4 nitrogen and oxygen atoms in total. The molecular formula is C36H31N4P2+. The Morgan fingerprint density at radius 1 is 0.333 bits per heavy atom. The summed E-state index contributed by atoms with van der Waals surface area (Å²) < 4.78 is 6.38. The summed E-state index contributed by atoms with van der Waals surface area (Å²) in [6, 6.07) is 65.7. The molecule has 6 aromatic rings. The number of nitrogens with zero attached hydrogens (tertiary/aromatic N) is 3. The molecule has 0 spiro atoms. The molecule has 0 unspecified atom stereocenters. The van der Waals surface area contributed by atoms with E-state index < -0.39 is 14.1 Å². The Labute approximate surface area is 247 Å². The van der Waals surface area contributed by atoms with E-state index in [1.807, 2.05) is 0 Å². The highest BCUT2D eigenvalue weighted by molar-refractivity contribution is 7.93. The molecule has 6 heteroatoms. The lowest BCUT2D eigenvalue weighted by Gasteiger charge is -2.20. The maximum Gasteiger partial charge on any atom is 0.301 e. The van der Waals surface area contributed by atoms with Crippen LogP contribution < -0.4 is 36.0 Å². The van der Waals surface area contributed by atoms with Crippen LogP contribution in [0.2, 0.25) is 0 Å². The number of nitrogens with one attached hydrogen (secondary N) is 1. The van der Waals surface area contributed by atoms with Crippen LogP contribution in [-0.2, 0) is 0 Å². The number of rotatable bonds is 6. The maximum absolute atomic E-state index is 6.86. The zero-order valence-corrected chi connectivity index (χ0v) is 24.8. The maximum atomic E-state index is 6.86. The van der Waals surface area contributed by atoms with Crippen molar-refractivity contribution in [2.45, 2.75) is 0 Å². The quantitative estimate of drug-likeness (QED) is 0.0929. The standard InChI is InChI=1S/C36H30NP2.HN3/c1-7-19-31(20-8-1)38(32-21-9-2-10-22-32,33-23-11-3-12-24-33)37-39(34-25-13-4-14-26-34,35-27-15-5-16-28-35)36-29-17-6-18-30-36;1-3-2/h1-30H;1H/q+1;. The topological polar surface area (TPSA) is 74.4 Å². The van der Waals surface area contributed by atoms with E-state index in [1.54, 1.807) is 4.91 Å². The average molecular weight is 582 g/mol. The van der Waals surface area contributed by atoms with Gasteiger partial charge in [-0.1, -0.05) is 109 Å². The monoisotopic (exact) mass is 581 g/mol. The predicted molar refractivity (Wildman–Crippen MR) is 182 cm³/mol. The number of benzene rings is 6. The molecule has 6 aromatic carbocycles. The van der Waals surface area contributed by atoms with Crippen LogP contribution in [0.3, 0.4) is 0 Å². The van der Waals surface area contributed by atoms with Crippen LogP contribution in [0.25, 0.3) is 10.4 Å². The van der Waals surface area contributed by atoms with Gasteiger partial charge in [0, 0.05) is 0 Å². The predicted octanol–water partition coefficient (Wildman–Crippen LogP) is 7.28. The van der Waals surface area contributed by atoms with Crippen LogP contribution in [0.5, 0.6) is 0 Å².